The minimum Gasteiger partial charge on any atom is -0.206 e. The van der Waals surface area contributed by atoms with E-state index in [0.29, 0.717) is 21.5 Å². The third-order valence-electron chi connectivity index (χ3n) is 8.79. The molecule has 0 fully saturated rings. The first-order chi connectivity index (χ1) is 21.2. The Bertz CT molecular complexity index is 2480. The molecule has 9 rings (SSSR count). The average molecular weight is 573 g/mol. The third kappa shape index (κ3) is 3.40. The second kappa shape index (κ2) is 9.19. The van der Waals surface area contributed by atoms with Gasteiger partial charge < -0.3 is 0 Å². The third-order valence-corrected chi connectivity index (χ3v) is 10.00. The molecular weight excluding hydrogens is 551 g/mol. The minimum absolute atomic E-state index is 0.184. The fourth-order valence-corrected chi connectivity index (χ4v) is 8.23. The quantitative estimate of drug-likeness (QED) is 0.181. The van der Waals surface area contributed by atoms with Gasteiger partial charge in [0.15, 0.2) is 0 Å². The zero-order valence-electron chi connectivity index (χ0n) is 22.9. The van der Waals surface area contributed by atoms with E-state index in [1.54, 1.807) is 11.3 Å². The highest BCUT2D eigenvalue weighted by Crippen LogP contribution is 2.49. The fraction of sp³-hybridized carbons (Fsp3) is 0. The van der Waals surface area contributed by atoms with Crippen molar-refractivity contribution < 1.29 is 8.78 Å². The largest absolute Gasteiger partial charge is 0.206 e. The Hall–Kier alpha value is -5.12. The van der Waals surface area contributed by atoms with E-state index in [-0.39, 0.29) is 11.6 Å². The molecule has 0 radical (unpaired) electrons. The lowest BCUT2D eigenvalue weighted by Gasteiger charge is -2.15. The number of hydrogen-bond donors (Lipinski definition) is 0. The molecule has 0 atom stereocenters. The van der Waals surface area contributed by atoms with E-state index in [0.717, 1.165) is 64.0 Å². The Balaban J connectivity index is 1.44. The lowest BCUT2D eigenvalue weighted by atomic mass is 9.88. The summed E-state index contributed by atoms with van der Waals surface area (Å²) in [6, 6.07) is 44.0. The van der Waals surface area contributed by atoms with Crippen LogP contribution in [0.4, 0.5) is 8.78 Å². The lowest BCUT2D eigenvalue weighted by molar-refractivity contribution is 0.651. The molecule has 0 aliphatic rings. The maximum atomic E-state index is 15.8. The molecule has 0 aliphatic heterocycles. The minimum atomic E-state index is -0.186. The van der Waals surface area contributed by atoms with Crippen molar-refractivity contribution in [2.24, 2.45) is 0 Å². The van der Waals surface area contributed by atoms with Gasteiger partial charge in [-0.15, -0.1) is 11.3 Å². The number of benzene rings is 8. The number of rotatable bonds is 2. The zero-order valence-corrected chi connectivity index (χ0v) is 23.7. The smallest absolute Gasteiger partial charge is 0.138 e. The van der Waals surface area contributed by atoms with Crippen LogP contribution in [-0.4, -0.2) is 0 Å². The number of hydrogen-bond acceptors (Lipinski definition) is 1. The second-order valence-electron chi connectivity index (χ2n) is 11.0. The van der Waals surface area contributed by atoms with Gasteiger partial charge in [0.1, 0.15) is 11.6 Å². The van der Waals surface area contributed by atoms with Crippen molar-refractivity contribution in [1.29, 1.82) is 0 Å². The van der Waals surface area contributed by atoms with Crippen molar-refractivity contribution in [3.05, 3.63) is 145 Å². The summed E-state index contributed by atoms with van der Waals surface area (Å²) in [5.74, 6) is -0.370. The SMILES string of the molecule is Fc1c2ccccc2c(-c2cccc3c2sc2cccc(-c4c5ccccc5c(F)c5ccccc45)c23)c2ccccc12. The van der Waals surface area contributed by atoms with Crippen molar-refractivity contribution in [1.82, 2.24) is 0 Å². The van der Waals surface area contributed by atoms with E-state index >= 15 is 8.78 Å². The lowest BCUT2D eigenvalue weighted by Crippen LogP contribution is -1.91. The second-order valence-corrected chi connectivity index (χ2v) is 12.1. The van der Waals surface area contributed by atoms with E-state index in [1.165, 1.54) is 0 Å². The predicted molar refractivity (Wildman–Crippen MR) is 180 cm³/mol. The summed E-state index contributed by atoms with van der Waals surface area (Å²) in [7, 11) is 0. The molecule has 0 spiro atoms. The molecule has 3 heteroatoms. The summed E-state index contributed by atoms with van der Waals surface area (Å²) in [5, 5.41) is 8.40. The maximum absolute atomic E-state index is 15.8. The van der Waals surface area contributed by atoms with Gasteiger partial charge >= 0.3 is 0 Å². The Kier molecular flexibility index (Phi) is 5.23. The van der Waals surface area contributed by atoms with Gasteiger partial charge in [-0.05, 0) is 44.3 Å². The molecule has 9 aromatic rings. The summed E-state index contributed by atoms with van der Waals surface area (Å²) in [4.78, 5) is 0. The van der Waals surface area contributed by atoms with Gasteiger partial charge in [-0.2, -0.15) is 0 Å². The Morgan fingerprint density at radius 3 is 1.21 bits per heavy atom. The topological polar surface area (TPSA) is 0 Å². The summed E-state index contributed by atoms with van der Waals surface area (Å²) in [6.45, 7) is 0. The number of fused-ring (bicyclic) bond motifs is 7. The summed E-state index contributed by atoms with van der Waals surface area (Å²) in [5.41, 5.74) is 4.26. The van der Waals surface area contributed by atoms with Crippen LogP contribution < -0.4 is 0 Å². The highest BCUT2D eigenvalue weighted by molar-refractivity contribution is 7.26. The van der Waals surface area contributed by atoms with Crippen LogP contribution in [0, 0.1) is 11.6 Å². The molecule has 0 unspecified atom stereocenters. The van der Waals surface area contributed by atoms with Crippen LogP contribution in [-0.2, 0) is 0 Å². The molecule has 0 saturated heterocycles. The van der Waals surface area contributed by atoms with Crippen LogP contribution in [0.5, 0.6) is 0 Å². The molecule has 0 aliphatic carbocycles. The van der Waals surface area contributed by atoms with Crippen molar-refractivity contribution in [3.63, 3.8) is 0 Å². The molecule has 0 nitrogen and oxygen atoms in total. The Morgan fingerprint density at radius 2 is 0.721 bits per heavy atom. The summed E-state index contributed by atoms with van der Waals surface area (Å²) in [6.07, 6.45) is 0. The molecule has 8 aromatic carbocycles. The normalized spacial score (nSPS) is 12.0. The summed E-state index contributed by atoms with van der Waals surface area (Å²) >= 11 is 1.76. The van der Waals surface area contributed by atoms with Crippen molar-refractivity contribution in [3.8, 4) is 22.3 Å². The van der Waals surface area contributed by atoms with Gasteiger partial charge in [-0.25, -0.2) is 8.78 Å². The Morgan fingerprint density at radius 1 is 0.349 bits per heavy atom. The van der Waals surface area contributed by atoms with Gasteiger partial charge in [-0.3, -0.25) is 0 Å². The number of halogens is 2. The molecule has 43 heavy (non-hydrogen) atoms. The van der Waals surface area contributed by atoms with E-state index in [4.69, 9.17) is 0 Å². The molecule has 0 saturated carbocycles. The van der Waals surface area contributed by atoms with Crippen LogP contribution in [0.3, 0.4) is 0 Å². The summed E-state index contributed by atoms with van der Waals surface area (Å²) < 4.78 is 33.8. The predicted octanol–water partition coefficient (Wildman–Crippen LogP) is 12.3. The van der Waals surface area contributed by atoms with Gasteiger partial charge in [0.05, 0.1) is 0 Å². The van der Waals surface area contributed by atoms with Crippen molar-refractivity contribution in [2.45, 2.75) is 0 Å². The first-order valence-electron chi connectivity index (χ1n) is 14.3. The van der Waals surface area contributed by atoms with Gasteiger partial charge in [0.25, 0.3) is 0 Å². The Labute approximate surface area is 250 Å². The van der Waals surface area contributed by atoms with E-state index in [2.05, 4.69) is 36.4 Å². The van der Waals surface area contributed by atoms with Crippen LogP contribution in [0.1, 0.15) is 0 Å². The monoisotopic (exact) mass is 572 g/mol. The molecule has 0 bridgehead atoms. The standard InChI is InChI=1S/C40H22F2S/c41-38-27-15-5-1-11-23(27)35(24-12-2-6-16-28(24)38)31-19-10-22-34-37(31)33-21-9-20-32(40(33)43-34)36-25-13-3-7-17-29(25)39(42)30-18-8-4-14-26(30)36/h1-22H. The first-order valence-corrected chi connectivity index (χ1v) is 15.2. The van der Waals surface area contributed by atoms with Gasteiger partial charge in [0.2, 0.25) is 0 Å². The molecule has 202 valence electrons. The van der Waals surface area contributed by atoms with Crippen molar-refractivity contribution >= 4 is 74.6 Å². The highest BCUT2D eigenvalue weighted by Gasteiger charge is 2.21. The van der Waals surface area contributed by atoms with E-state index in [9.17, 15) is 0 Å². The average Bonchev–Trinajstić information content (AvgIpc) is 3.45. The highest BCUT2D eigenvalue weighted by atomic mass is 32.1. The van der Waals surface area contributed by atoms with Crippen LogP contribution in [0.2, 0.25) is 0 Å². The molecule has 1 heterocycles. The van der Waals surface area contributed by atoms with E-state index < -0.39 is 0 Å². The fourth-order valence-electron chi connectivity index (χ4n) is 6.98. The maximum Gasteiger partial charge on any atom is 0.138 e. The zero-order chi connectivity index (χ0) is 28.7. The van der Waals surface area contributed by atoms with Gasteiger partial charge in [-0.1, -0.05) is 127 Å². The number of thiophene rings is 1. The molecule has 0 N–H and O–H groups in total. The molecule has 0 amide bonds. The molecule has 1 aromatic heterocycles. The van der Waals surface area contributed by atoms with Crippen LogP contribution in [0.25, 0.3) is 85.5 Å². The molecular formula is C40H22F2S. The van der Waals surface area contributed by atoms with Crippen LogP contribution in [0.15, 0.2) is 133 Å². The van der Waals surface area contributed by atoms with Crippen molar-refractivity contribution in [2.75, 3.05) is 0 Å². The van der Waals surface area contributed by atoms with E-state index in [1.807, 2.05) is 97.1 Å². The van der Waals surface area contributed by atoms with Gasteiger partial charge in [0, 0.05) is 47.3 Å². The first kappa shape index (κ1) is 24.5. The van der Waals surface area contributed by atoms with Crippen LogP contribution >= 0.6 is 11.3 Å².